The summed E-state index contributed by atoms with van der Waals surface area (Å²) >= 11 is 5.67. The van der Waals surface area contributed by atoms with E-state index in [4.69, 9.17) is 17.4 Å². The largest absolute Gasteiger partial charge is 0.271 e. The van der Waals surface area contributed by atoms with Crippen LogP contribution in [-0.4, -0.2) is 4.98 Å². The van der Waals surface area contributed by atoms with Gasteiger partial charge in [0.05, 0.1) is 0 Å². The lowest BCUT2D eigenvalue weighted by molar-refractivity contribution is 0.509. The lowest BCUT2D eigenvalue weighted by atomic mass is 10.1. The number of hydrazine groups is 1. The minimum Gasteiger partial charge on any atom is -0.271 e. The van der Waals surface area contributed by atoms with Crippen molar-refractivity contribution in [2.45, 2.75) is 25.8 Å². The maximum absolute atomic E-state index is 5.67. The van der Waals surface area contributed by atoms with Crippen LogP contribution in [0.2, 0.25) is 5.15 Å². The number of nitrogens with one attached hydrogen (secondary N) is 1. The molecule has 1 atom stereocenters. The summed E-state index contributed by atoms with van der Waals surface area (Å²) in [6.07, 6.45) is 3.83. The first-order chi connectivity index (χ1) is 6.27. The van der Waals surface area contributed by atoms with Gasteiger partial charge in [0.2, 0.25) is 0 Å². The smallest absolute Gasteiger partial charge is 0.129 e. The van der Waals surface area contributed by atoms with Crippen molar-refractivity contribution < 1.29 is 0 Å². The number of hydrogen-bond acceptors (Lipinski definition) is 3. The van der Waals surface area contributed by atoms with Crippen LogP contribution in [0.3, 0.4) is 0 Å². The number of halogens is 1. The van der Waals surface area contributed by atoms with Crippen LogP contribution in [0.5, 0.6) is 0 Å². The van der Waals surface area contributed by atoms with E-state index >= 15 is 0 Å². The number of nitrogens with zero attached hydrogens (tertiary/aromatic N) is 1. The fraction of sp³-hybridized carbons (Fsp3) is 0.444. The van der Waals surface area contributed by atoms with Gasteiger partial charge in [-0.2, -0.15) is 0 Å². The molecule has 0 aromatic carbocycles. The Hall–Kier alpha value is -0.640. The molecule has 0 bridgehead atoms. The molecular formula is C9H14ClN3. The third-order valence-electron chi connectivity index (χ3n) is 1.93. The zero-order chi connectivity index (χ0) is 9.68. The van der Waals surface area contributed by atoms with E-state index < -0.39 is 0 Å². The van der Waals surface area contributed by atoms with Crippen molar-refractivity contribution in [3.63, 3.8) is 0 Å². The van der Waals surface area contributed by atoms with Crippen molar-refractivity contribution >= 4 is 11.6 Å². The predicted octanol–water partition coefficient (Wildman–Crippen LogP) is 2.04. The first kappa shape index (κ1) is 10.4. The van der Waals surface area contributed by atoms with Crippen molar-refractivity contribution in [3.8, 4) is 0 Å². The fourth-order valence-electron chi connectivity index (χ4n) is 1.23. The van der Waals surface area contributed by atoms with E-state index in [0.717, 1.165) is 18.4 Å². The zero-order valence-corrected chi connectivity index (χ0v) is 8.38. The summed E-state index contributed by atoms with van der Waals surface area (Å²) in [4.78, 5) is 4.00. The Balaban J connectivity index is 2.73. The molecule has 0 saturated carbocycles. The first-order valence-electron chi connectivity index (χ1n) is 4.35. The van der Waals surface area contributed by atoms with Crippen molar-refractivity contribution in [1.82, 2.24) is 10.4 Å². The molecule has 0 aliphatic heterocycles. The molecule has 72 valence electrons. The zero-order valence-electron chi connectivity index (χ0n) is 7.63. The summed E-state index contributed by atoms with van der Waals surface area (Å²) in [7, 11) is 0. The summed E-state index contributed by atoms with van der Waals surface area (Å²) in [6.45, 7) is 2.12. The normalized spacial score (nSPS) is 12.8. The summed E-state index contributed by atoms with van der Waals surface area (Å²) in [6, 6.07) is 3.89. The summed E-state index contributed by atoms with van der Waals surface area (Å²) < 4.78 is 0. The van der Waals surface area contributed by atoms with E-state index in [-0.39, 0.29) is 6.04 Å². The molecule has 3 N–H and O–H groups in total. The van der Waals surface area contributed by atoms with Gasteiger partial charge in [-0.05, 0) is 18.1 Å². The van der Waals surface area contributed by atoms with Gasteiger partial charge in [-0.15, -0.1) is 0 Å². The first-order valence-corrected chi connectivity index (χ1v) is 4.73. The molecule has 0 saturated heterocycles. The standard InChI is InChI=1S/C9H14ClN3/c1-2-3-8(13-11)7-4-5-9(10)12-6-7/h4-6,8,13H,2-3,11H2,1H3. The Labute approximate surface area is 83.3 Å². The van der Waals surface area contributed by atoms with Crippen molar-refractivity contribution in [2.75, 3.05) is 0 Å². The summed E-state index contributed by atoms with van der Waals surface area (Å²) in [5.74, 6) is 5.42. The molecule has 0 amide bonds. The van der Waals surface area contributed by atoms with Gasteiger partial charge in [0, 0.05) is 12.2 Å². The van der Waals surface area contributed by atoms with Gasteiger partial charge in [-0.25, -0.2) is 4.98 Å². The van der Waals surface area contributed by atoms with Crippen LogP contribution in [0, 0.1) is 0 Å². The lowest BCUT2D eigenvalue weighted by Gasteiger charge is -2.14. The van der Waals surface area contributed by atoms with E-state index in [1.807, 2.05) is 6.07 Å². The topological polar surface area (TPSA) is 50.9 Å². The highest BCUT2D eigenvalue weighted by atomic mass is 35.5. The average molecular weight is 200 g/mol. The minimum atomic E-state index is 0.176. The molecule has 0 aliphatic carbocycles. The van der Waals surface area contributed by atoms with Crippen LogP contribution in [-0.2, 0) is 0 Å². The Morgan fingerprint density at radius 2 is 2.38 bits per heavy atom. The van der Waals surface area contributed by atoms with Gasteiger partial charge >= 0.3 is 0 Å². The molecular weight excluding hydrogens is 186 g/mol. The number of nitrogens with two attached hydrogens (primary N) is 1. The van der Waals surface area contributed by atoms with Crippen LogP contribution in [0.15, 0.2) is 18.3 Å². The van der Waals surface area contributed by atoms with Gasteiger partial charge < -0.3 is 0 Å². The van der Waals surface area contributed by atoms with Gasteiger partial charge in [0.25, 0.3) is 0 Å². The second kappa shape index (κ2) is 5.17. The number of hydrogen-bond donors (Lipinski definition) is 2. The van der Waals surface area contributed by atoms with E-state index in [2.05, 4.69) is 17.3 Å². The van der Waals surface area contributed by atoms with Gasteiger partial charge in [0.15, 0.2) is 0 Å². The molecule has 4 heteroatoms. The molecule has 1 aromatic rings. The quantitative estimate of drug-likeness (QED) is 0.443. The molecule has 3 nitrogen and oxygen atoms in total. The van der Waals surface area contributed by atoms with Crippen molar-refractivity contribution in [3.05, 3.63) is 29.0 Å². The number of pyridine rings is 1. The third kappa shape index (κ3) is 2.95. The summed E-state index contributed by atoms with van der Waals surface area (Å²) in [5, 5.41) is 0.510. The predicted molar refractivity (Wildman–Crippen MR) is 54.2 cm³/mol. The Morgan fingerprint density at radius 3 is 2.85 bits per heavy atom. The highest BCUT2D eigenvalue weighted by Gasteiger charge is 2.07. The van der Waals surface area contributed by atoms with Crippen molar-refractivity contribution in [2.24, 2.45) is 5.84 Å². The Bertz CT molecular complexity index is 248. The number of aromatic nitrogens is 1. The van der Waals surface area contributed by atoms with Crippen LogP contribution in [0.25, 0.3) is 0 Å². The molecule has 0 aliphatic rings. The van der Waals surface area contributed by atoms with Gasteiger partial charge in [-0.3, -0.25) is 11.3 Å². The second-order valence-corrected chi connectivity index (χ2v) is 3.31. The maximum Gasteiger partial charge on any atom is 0.129 e. The minimum absolute atomic E-state index is 0.176. The van der Waals surface area contributed by atoms with E-state index in [0.29, 0.717) is 5.15 Å². The molecule has 1 unspecified atom stereocenters. The van der Waals surface area contributed by atoms with E-state index in [1.54, 1.807) is 12.3 Å². The summed E-state index contributed by atoms with van der Waals surface area (Å²) in [5.41, 5.74) is 3.83. The fourth-order valence-corrected chi connectivity index (χ4v) is 1.34. The highest BCUT2D eigenvalue weighted by molar-refractivity contribution is 6.29. The monoisotopic (exact) mass is 199 g/mol. The van der Waals surface area contributed by atoms with Crippen LogP contribution in [0.1, 0.15) is 31.4 Å². The Kier molecular flexibility index (Phi) is 4.15. The molecule has 0 radical (unpaired) electrons. The molecule has 0 spiro atoms. The highest BCUT2D eigenvalue weighted by Crippen LogP contribution is 2.17. The van der Waals surface area contributed by atoms with Crippen LogP contribution in [0.4, 0.5) is 0 Å². The Morgan fingerprint density at radius 1 is 1.62 bits per heavy atom. The molecule has 1 rings (SSSR count). The van der Waals surface area contributed by atoms with Gasteiger partial charge in [-0.1, -0.05) is 31.0 Å². The third-order valence-corrected chi connectivity index (χ3v) is 2.15. The molecule has 0 fully saturated rings. The second-order valence-electron chi connectivity index (χ2n) is 2.92. The van der Waals surface area contributed by atoms with Crippen LogP contribution >= 0.6 is 11.6 Å². The number of rotatable bonds is 4. The average Bonchev–Trinajstić information content (AvgIpc) is 2.16. The van der Waals surface area contributed by atoms with E-state index in [9.17, 15) is 0 Å². The molecule has 13 heavy (non-hydrogen) atoms. The van der Waals surface area contributed by atoms with Crippen LogP contribution < -0.4 is 11.3 Å². The van der Waals surface area contributed by atoms with E-state index in [1.165, 1.54) is 0 Å². The van der Waals surface area contributed by atoms with Crippen molar-refractivity contribution in [1.29, 1.82) is 0 Å². The lowest BCUT2D eigenvalue weighted by Crippen LogP contribution is -2.27. The maximum atomic E-state index is 5.67. The molecule has 1 heterocycles. The van der Waals surface area contributed by atoms with Gasteiger partial charge in [0.1, 0.15) is 5.15 Å². The molecule has 1 aromatic heterocycles. The SMILES string of the molecule is CCCC(NN)c1ccc(Cl)nc1.